The number of thiol groups is 1. The number of rotatable bonds is 3. The minimum absolute atomic E-state index is 0.0785. The minimum Gasteiger partial charge on any atom is -0.294 e. The van der Waals surface area contributed by atoms with E-state index in [0.29, 0.717) is 0 Å². The lowest BCUT2D eigenvalue weighted by atomic mass is 9.98. The molecule has 0 saturated carbocycles. The van der Waals surface area contributed by atoms with Crippen LogP contribution in [-0.4, -0.2) is 15.5 Å². The van der Waals surface area contributed by atoms with Crippen molar-refractivity contribution < 1.29 is 18.0 Å². The molecule has 0 saturated heterocycles. The molecule has 0 aliphatic carbocycles. The second-order valence-electron chi connectivity index (χ2n) is 4.33. The highest BCUT2D eigenvalue weighted by Gasteiger charge is 2.35. The van der Waals surface area contributed by atoms with E-state index in [4.69, 9.17) is 0 Å². The zero-order valence-electron chi connectivity index (χ0n) is 9.38. The third-order valence-electron chi connectivity index (χ3n) is 2.02. The van der Waals surface area contributed by atoms with Gasteiger partial charge in [-0.25, -0.2) is 0 Å². The lowest BCUT2D eigenvalue weighted by Gasteiger charge is -2.17. The molecule has 0 unspecified atom stereocenters. The molecule has 0 aliphatic rings. The summed E-state index contributed by atoms with van der Waals surface area (Å²) >= 11 is 4.13. The summed E-state index contributed by atoms with van der Waals surface area (Å²) in [6.07, 6.45) is -2.66. The lowest BCUT2D eigenvalue weighted by Crippen LogP contribution is -2.20. The molecule has 0 atom stereocenters. The quantitative estimate of drug-likeness (QED) is 0.669. The Hall–Kier alpha value is -1.04. The summed E-state index contributed by atoms with van der Waals surface area (Å²) in [6.45, 7) is 3.33. The van der Waals surface area contributed by atoms with E-state index < -0.39 is 27.8 Å². The average molecular weight is 263 g/mol. The zero-order valence-corrected chi connectivity index (χ0v) is 10.3. The van der Waals surface area contributed by atoms with Crippen molar-refractivity contribution in [3.8, 4) is 0 Å². The van der Waals surface area contributed by atoms with E-state index in [-0.39, 0.29) is 6.42 Å². The van der Waals surface area contributed by atoms with Gasteiger partial charge in [0, 0.05) is 29.1 Å². The second kappa shape index (κ2) is 4.68. The summed E-state index contributed by atoms with van der Waals surface area (Å²) in [5.41, 5.74) is -1.35. The van der Waals surface area contributed by atoms with Gasteiger partial charge < -0.3 is 0 Å². The van der Waals surface area contributed by atoms with E-state index in [0.717, 1.165) is 18.5 Å². The highest BCUT2D eigenvalue weighted by Crippen LogP contribution is 2.32. The number of hydrogen-bond acceptors (Lipinski definition) is 3. The maximum absolute atomic E-state index is 12.6. The van der Waals surface area contributed by atoms with Crippen molar-refractivity contribution in [3.63, 3.8) is 0 Å². The molecule has 1 heterocycles. The van der Waals surface area contributed by atoms with Crippen LogP contribution in [0.3, 0.4) is 0 Å². The number of aromatic nitrogens is 1. The third-order valence-corrected chi connectivity index (χ3v) is 2.18. The van der Waals surface area contributed by atoms with Crippen molar-refractivity contribution in [2.45, 2.75) is 31.2 Å². The SMILES string of the molecule is CC(C)(S)CC(=O)c1cnccc1C(F)(F)F. The Morgan fingerprint density at radius 2 is 2.00 bits per heavy atom. The number of hydrogen-bond donors (Lipinski definition) is 1. The van der Waals surface area contributed by atoms with E-state index in [9.17, 15) is 18.0 Å². The molecule has 0 radical (unpaired) electrons. The van der Waals surface area contributed by atoms with Gasteiger partial charge in [0.25, 0.3) is 0 Å². The number of ketones is 1. The highest BCUT2D eigenvalue weighted by molar-refractivity contribution is 7.81. The smallest absolute Gasteiger partial charge is 0.294 e. The van der Waals surface area contributed by atoms with Gasteiger partial charge >= 0.3 is 6.18 Å². The van der Waals surface area contributed by atoms with Crippen LogP contribution in [0.2, 0.25) is 0 Å². The van der Waals surface area contributed by atoms with Crippen molar-refractivity contribution in [2.24, 2.45) is 0 Å². The molecule has 0 aliphatic heterocycles. The molecule has 94 valence electrons. The largest absolute Gasteiger partial charge is 0.417 e. The second-order valence-corrected chi connectivity index (χ2v) is 5.54. The number of Topliss-reactive ketones (excluding diaryl/α,β-unsaturated/α-hetero) is 1. The van der Waals surface area contributed by atoms with Gasteiger partial charge in [0.15, 0.2) is 5.78 Å². The van der Waals surface area contributed by atoms with Crippen molar-refractivity contribution in [1.82, 2.24) is 4.98 Å². The normalized spacial score (nSPS) is 12.6. The van der Waals surface area contributed by atoms with Gasteiger partial charge in [0.2, 0.25) is 0 Å². The fourth-order valence-electron chi connectivity index (χ4n) is 1.35. The molecule has 2 nitrogen and oxygen atoms in total. The molecule has 6 heteroatoms. The van der Waals surface area contributed by atoms with Gasteiger partial charge in [0.1, 0.15) is 0 Å². The number of carbonyl (C=O) groups is 1. The molecule has 0 fully saturated rings. The Morgan fingerprint density at radius 1 is 1.41 bits per heavy atom. The number of pyridine rings is 1. The summed E-state index contributed by atoms with van der Waals surface area (Å²) in [6, 6.07) is 0.804. The molecule has 0 amide bonds. The van der Waals surface area contributed by atoms with Crippen LogP contribution in [0.1, 0.15) is 36.2 Å². The first-order valence-electron chi connectivity index (χ1n) is 4.88. The van der Waals surface area contributed by atoms with Crippen LogP contribution in [0.25, 0.3) is 0 Å². The molecule has 1 rings (SSSR count). The lowest BCUT2D eigenvalue weighted by molar-refractivity contribution is -0.138. The maximum Gasteiger partial charge on any atom is 0.417 e. The van der Waals surface area contributed by atoms with Gasteiger partial charge in [-0.15, -0.1) is 0 Å². The Morgan fingerprint density at radius 3 is 2.47 bits per heavy atom. The Balaban J connectivity index is 3.11. The maximum atomic E-state index is 12.6. The van der Waals surface area contributed by atoms with Crippen molar-refractivity contribution >= 4 is 18.4 Å². The minimum atomic E-state index is -4.55. The first-order valence-corrected chi connectivity index (χ1v) is 5.33. The molecule has 17 heavy (non-hydrogen) atoms. The predicted octanol–water partition coefficient (Wildman–Crippen LogP) is 3.38. The zero-order chi connectivity index (χ0) is 13.3. The van der Waals surface area contributed by atoms with Gasteiger partial charge in [-0.3, -0.25) is 9.78 Å². The van der Waals surface area contributed by atoms with E-state index in [1.54, 1.807) is 13.8 Å². The molecule has 0 bridgehead atoms. The van der Waals surface area contributed by atoms with Crippen LogP contribution in [0, 0.1) is 0 Å². The number of alkyl halides is 3. The van der Waals surface area contributed by atoms with Crippen molar-refractivity contribution in [1.29, 1.82) is 0 Å². The van der Waals surface area contributed by atoms with Crippen LogP contribution in [0.4, 0.5) is 13.2 Å². The van der Waals surface area contributed by atoms with Crippen molar-refractivity contribution in [2.75, 3.05) is 0 Å². The Bertz CT molecular complexity index is 423. The molecular formula is C11H12F3NOS. The molecule has 0 aromatic carbocycles. The Labute approximate surface area is 103 Å². The van der Waals surface area contributed by atoms with E-state index in [1.165, 1.54) is 0 Å². The van der Waals surface area contributed by atoms with E-state index in [1.807, 2.05) is 0 Å². The van der Waals surface area contributed by atoms with Crippen molar-refractivity contribution in [3.05, 3.63) is 29.6 Å². The topological polar surface area (TPSA) is 30.0 Å². The van der Waals surface area contributed by atoms with E-state index >= 15 is 0 Å². The van der Waals surface area contributed by atoms with Crippen LogP contribution in [0.15, 0.2) is 18.5 Å². The van der Waals surface area contributed by atoms with Crippen LogP contribution < -0.4 is 0 Å². The fraction of sp³-hybridized carbons (Fsp3) is 0.455. The summed E-state index contributed by atoms with van der Waals surface area (Å²) in [7, 11) is 0. The first-order chi connectivity index (χ1) is 7.61. The Kier molecular flexibility index (Phi) is 3.86. The number of nitrogens with zero attached hydrogens (tertiary/aromatic N) is 1. The predicted molar refractivity (Wildman–Crippen MR) is 61.3 cm³/mol. The third kappa shape index (κ3) is 4.03. The standard InChI is InChI=1S/C11H12F3NOS/c1-10(2,17)5-9(16)7-6-15-4-3-8(7)11(12,13)14/h3-4,6,17H,5H2,1-2H3. The average Bonchev–Trinajstić information content (AvgIpc) is 2.13. The van der Waals surface area contributed by atoms with Crippen LogP contribution >= 0.6 is 12.6 Å². The molecule has 1 aromatic heterocycles. The van der Waals surface area contributed by atoms with Gasteiger partial charge in [-0.05, 0) is 6.07 Å². The summed E-state index contributed by atoms with van der Waals surface area (Å²) < 4.78 is 37.3. The number of halogens is 3. The van der Waals surface area contributed by atoms with E-state index in [2.05, 4.69) is 17.6 Å². The molecule has 1 aromatic rings. The summed E-state index contributed by atoms with van der Waals surface area (Å²) in [4.78, 5) is 15.3. The highest BCUT2D eigenvalue weighted by atomic mass is 32.1. The van der Waals surface area contributed by atoms with Gasteiger partial charge in [-0.2, -0.15) is 25.8 Å². The first kappa shape index (κ1) is 14.0. The van der Waals surface area contributed by atoms with Crippen LogP contribution in [0.5, 0.6) is 0 Å². The van der Waals surface area contributed by atoms with Crippen LogP contribution in [-0.2, 0) is 6.18 Å². The van der Waals surface area contributed by atoms with Gasteiger partial charge in [0.05, 0.1) is 5.56 Å². The summed E-state index contributed by atoms with van der Waals surface area (Å²) in [5, 5.41) is 0. The molecule has 0 N–H and O–H groups in total. The number of carbonyl (C=O) groups excluding carboxylic acids is 1. The molecule has 0 spiro atoms. The summed E-state index contributed by atoms with van der Waals surface area (Å²) in [5.74, 6) is -0.606. The fourth-order valence-corrected chi connectivity index (χ4v) is 1.50. The monoisotopic (exact) mass is 263 g/mol. The molecular weight excluding hydrogens is 251 g/mol. The van der Waals surface area contributed by atoms with Gasteiger partial charge in [-0.1, -0.05) is 13.8 Å².